The third-order valence-electron chi connectivity index (χ3n) is 4.73. The smallest absolute Gasteiger partial charge is 0.396 e. The second-order valence-corrected chi connectivity index (χ2v) is 6.41. The molecule has 0 bridgehead atoms. The van der Waals surface area contributed by atoms with Crippen LogP contribution < -0.4 is 5.48 Å². The van der Waals surface area contributed by atoms with Crippen molar-refractivity contribution in [1.29, 1.82) is 0 Å². The quantitative estimate of drug-likeness (QED) is 0.805. The lowest BCUT2D eigenvalue weighted by Gasteiger charge is -2.36. The summed E-state index contributed by atoms with van der Waals surface area (Å²) in [6.07, 6.45) is 1.86. The summed E-state index contributed by atoms with van der Waals surface area (Å²) in [4.78, 5) is 24.0. The van der Waals surface area contributed by atoms with Crippen LogP contribution in [-0.2, 0) is 14.6 Å². The number of carbonyl (C=O) groups excluding carboxylic acids is 1. The molecule has 1 heterocycles. The van der Waals surface area contributed by atoms with Crippen LogP contribution in [0.25, 0.3) is 0 Å². The van der Waals surface area contributed by atoms with Crippen LogP contribution in [0.1, 0.15) is 40.0 Å². The average Bonchev–Trinajstić information content (AvgIpc) is 2.77. The molecule has 3 unspecified atom stereocenters. The molecule has 1 saturated carbocycles. The average molecular weight is 288 g/mol. The third kappa shape index (κ3) is 2.64. The number of aliphatic imine (C=N–C) groups is 1. The molecule has 7 heteroatoms. The van der Waals surface area contributed by atoms with Crippen molar-refractivity contribution in [1.82, 2.24) is 5.48 Å². The van der Waals surface area contributed by atoms with Crippen molar-refractivity contribution < 1.29 is 24.2 Å². The first-order valence-corrected chi connectivity index (χ1v) is 6.81. The summed E-state index contributed by atoms with van der Waals surface area (Å²) in [5.74, 6) is -1.00. The van der Waals surface area contributed by atoms with Crippen molar-refractivity contribution in [3.8, 4) is 0 Å². The zero-order chi connectivity index (χ0) is 15.0. The lowest BCUT2D eigenvalue weighted by molar-refractivity contribution is -0.174. The number of hydroxylamine groups is 1. The molecule has 0 amide bonds. The number of hydrogen-bond donors (Lipinski definition) is 2. The van der Waals surface area contributed by atoms with Gasteiger partial charge in [0.05, 0.1) is 0 Å². The first kappa shape index (κ1) is 15.2. The van der Waals surface area contributed by atoms with Gasteiger partial charge in [-0.2, -0.15) is 0 Å². The van der Waals surface area contributed by atoms with Crippen LogP contribution in [0.15, 0.2) is 4.99 Å². The number of nitrogens with one attached hydrogen (secondary N) is 1. The molecule has 1 aliphatic heterocycles. The number of nitrogens with zero attached hydrogens (tertiary/aromatic N) is 1. The minimum atomic E-state index is -1.18. The van der Waals surface area contributed by atoms with E-state index in [4.69, 9.17) is 4.84 Å². The van der Waals surface area contributed by atoms with Crippen LogP contribution in [0.4, 0.5) is 4.53 Å². The summed E-state index contributed by atoms with van der Waals surface area (Å²) in [7, 11) is 0. The van der Waals surface area contributed by atoms with Crippen molar-refractivity contribution in [3.05, 3.63) is 0 Å². The molecule has 1 fully saturated rings. The van der Waals surface area contributed by atoms with Crippen molar-refractivity contribution in [2.24, 2.45) is 22.2 Å². The van der Waals surface area contributed by atoms with E-state index in [9.17, 15) is 14.4 Å². The molecule has 114 valence electrons. The summed E-state index contributed by atoms with van der Waals surface area (Å²) in [5.41, 5.74) is 1.32. The molecule has 1 aliphatic carbocycles. The van der Waals surface area contributed by atoms with E-state index in [1.54, 1.807) is 0 Å². The maximum Gasteiger partial charge on any atom is 0.416 e. The SMILES string of the molecule is CC1C(CO)CCC2(CC1(C)C)N=C(C(=O)OF)NO2. The topological polar surface area (TPSA) is 80.2 Å². The normalized spacial score (nSPS) is 36.1. The monoisotopic (exact) mass is 288 g/mol. The zero-order valence-corrected chi connectivity index (χ0v) is 12.0. The number of amidine groups is 1. The number of aliphatic hydroxyl groups is 1. The van der Waals surface area contributed by atoms with Crippen molar-refractivity contribution >= 4 is 11.8 Å². The Morgan fingerprint density at radius 1 is 1.65 bits per heavy atom. The molecular formula is C13H21FN2O4. The molecular weight excluding hydrogens is 267 g/mol. The molecule has 0 radical (unpaired) electrons. The van der Waals surface area contributed by atoms with E-state index in [1.807, 2.05) is 0 Å². The van der Waals surface area contributed by atoms with Crippen molar-refractivity contribution in [2.75, 3.05) is 6.61 Å². The van der Waals surface area contributed by atoms with E-state index in [0.717, 1.165) is 6.42 Å². The maximum atomic E-state index is 11.9. The highest BCUT2D eigenvalue weighted by molar-refractivity contribution is 6.35. The van der Waals surface area contributed by atoms with Crippen LogP contribution in [-0.4, -0.2) is 29.2 Å². The molecule has 20 heavy (non-hydrogen) atoms. The second-order valence-electron chi connectivity index (χ2n) is 6.41. The van der Waals surface area contributed by atoms with Gasteiger partial charge in [-0.25, -0.2) is 25.0 Å². The molecule has 1 spiro atoms. The lowest BCUT2D eigenvalue weighted by Crippen LogP contribution is -2.36. The minimum absolute atomic E-state index is 0.108. The Labute approximate surface area is 117 Å². The van der Waals surface area contributed by atoms with Gasteiger partial charge in [-0.1, -0.05) is 20.8 Å². The summed E-state index contributed by atoms with van der Waals surface area (Å²) in [6, 6.07) is 0. The van der Waals surface area contributed by atoms with E-state index >= 15 is 0 Å². The van der Waals surface area contributed by atoms with Gasteiger partial charge in [0.2, 0.25) is 5.84 Å². The lowest BCUT2D eigenvalue weighted by atomic mass is 9.71. The summed E-state index contributed by atoms with van der Waals surface area (Å²) in [5, 5.41) is 9.51. The summed E-state index contributed by atoms with van der Waals surface area (Å²) in [6.45, 7) is 6.37. The van der Waals surface area contributed by atoms with Gasteiger partial charge in [-0.3, -0.25) is 0 Å². The van der Waals surface area contributed by atoms with Crippen LogP contribution in [0.2, 0.25) is 0 Å². The fourth-order valence-corrected chi connectivity index (χ4v) is 3.21. The Kier molecular flexibility index (Phi) is 4.02. The third-order valence-corrected chi connectivity index (χ3v) is 4.73. The predicted octanol–water partition coefficient (Wildman–Crippen LogP) is 1.50. The second kappa shape index (κ2) is 5.29. The molecule has 0 saturated heterocycles. The minimum Gasteiger partial charge on any atom is -0.396 e. The van der Waals surface area contributed by atoms with Gasteiger partial charge >= 0.3 is 5.97 Å². The van der Waals surface area contributed by atoms with Gasteiger partial charge in [0, 0.05) is 17.6 Å². The fraction of sp³-hybridized carbons (Fsp3) is 0.846. The van der Waals surface area contributed by atoms with Crippen molar-refractivity contribution in [3.63, 3.8) is 0 Å². The summed E-state index contributed by atoms with van der Waals surface area (Å²) < 4.78 is 11.9. The molecule has 2 N–H and O–H groups in total. The molecule has 6 nitrogen and oxygen atoms in total. The highest BCUT2D eigenvalue weighted by Crippen LogP contribution is 2.48. The number of aliphatic hydroxyl groups excluding tert-OH is 1. The standard InChI is InChI=1S/C13H21FN2O4/c1-8-9(6-17)4-5-13(7-12(8,2)3)15-10(16-20-13)11(18)19-14/h8-9,17H,4-7H2,1-3H3,(H,15,16). The van der Waals surface area contributed by atoms with E-state index in [0.29, 0.717) is 12.8 Å². The Balaban J connectivity index is 2.26. The van der Waals surface area contributed by atoms with Gasteiger partial charge < -0.3 is 5.11 Å². The highest BCUT2D eigenvalue weighted by atomic mass is 19.3. The van der Waals surface area contributed by atoms with E-state index in [-0.39, 0.29) is 29.7 Å². The van der Waals surface area contributed by atoms with Crippen LogP contribution in [0, 0.1) is 17.3 Å². The largest absolute Gasteiger partial charge is 0.416 e. The molecule has 2 aliphatic rings. The summed E-state index contributed by atoms with van der Waals surface area (Å²) >= 11 is 0. The number of rotatable bonds is 2. The van der Waals surface area contributed by atoms with Crippen LogP contribution >= 0.6 is 0 Å². The van der Waals surface area contributed by atoms with E-state index in [2.05, 4.69) is 36.2 Å². The Hall–Kier alpha value is -1.21. The molecule has 3 atom stereocenters. The fourth-order valence-electron chi connectivity index (χ4n) is 3.21. The predicted molar refractivity (Wildman–Crippen MR) is 69.0 cm³/mol. The number of carbonyl (C=O) groups is 1. The van der Waals surface area contributed by atoms with E-state index in [1.165, 1.54) is 0 Å². The maximum absolute atomic E-state index is 11.9. The molecule has 2 rings (SSSR count). The van der Waals surface area contributed by atoms with Gasteiger partial charge in [0.1, 0.15) is 0 Å². The molecule has 0 aromatic carbocycles. The van der Waals surface area contributed by atoms with Crippen LogP contribution in [0.5, 0.6) is 0 Å². The van der Waals surface area contributed by atoms with Crippen LogP contribution in [0.3, 0.4) is 0 Å². The first-order valence-electron chi connectivity index (χ1n) is 6.81. The van der Waals surface area contributed by atoms with Gasteiger partial charge in [0.25, 0.3) is 0 Å². The molecule has 0 aromatic heterocycles. The molecule has 0 aromatic rings. The number of hydrogen-bond acceptors (Lipinski definition) is 6. The zero-order valence-electron chi connectivity index (χ0n) is 12.0. The number of halogens is 1. The van der Waals surface area contributed by atoms with Gasteiger partial charge in [-0.05, 0) is 30.1 Å². The van der Waals surface area contributed by atoms with Crippen molar-refractivity contribution in [2.45, 2.75) is 45.8 Å². The Morgan fingerprint density at radius 3 is 2.95 bits per heavy atom. The Bertz CT molecular complexity index is 427. The van der Waals surface area contributed by atoms with E-state index < -0.39 is 11.7 Å². The van der Waals surface area contributed by atoms with Gasteiger partial charge in [0.15, 0.2) is 5.72 Å². The highest BCUT2D eigenvalue weighted by Gasteiger charge is 2.49. The van der Waals surface area contributed by atoms with Gasteiger partial charge in [-0.15, -0.1) is 0 Å². The Morgan fingerprint density at radius 2 is 2.35 bits per heavy atom. The first-order chi connectivity index (χ1) is 9.33.